The molecule has 9 heteroatoms. The van der Waals surface area contributed by atoms with Crippen molar-refractivity contribution < 1.29 is 43.9 Å². The average molecular weight is 673 g/mol. The molecule has 0 bridgehead atoms. The summed E-state index contributed by atoms with van der Waals surface area (Å²) in [7, 11) is 0. The standard InChI is InChI=1S/C39H60O9/c1-20-12-17-38(32(41)42)18-19-39(33(43)44)23(27(38)21(20)2)10-11-25-36(8)15-14-26(34(4,5)24(36)13-16-37(25,39)9)46-31-28(40)30-29(22(3)45-31)47-35(6,7)48-30/h10,20-22,24-31,40H,11-19H2,1-9H3,(H,41,42)(H,43,44)/t20-,21-,22+,24?,25?,26-,27?,28+,29-,30-,31-,36-,37+,38-,39-/m0/s1. The van der Waals surface area contributed by atoms with Crippen molar-refractivity contribution in [1.82, 2.24) is 0 Å². The fraction of sp³-hybridized carbons (Fsp3) is 0.897. The number of carboxylic acids is 2. The number of aliphatic carboxylic acids is 2. The Bertz CT molecular complexity index is 1370. The lowest BCUT2D eigenvalue weighted by Crippen LogP contribution is -2.68. The quantitative estimate of drug-likeness (QED) is 0.218. The van der Waals surface area contributed by atoms with Crippen molar-refractivity contribution in [3.8, 4) is 0 Å². The third-order valence-corrected chi connectivity index (χ3v) is 16.1. The molecule has 0 spiro atoms. The van der Waals surface area contributed by atoms with Crippen LogP contribution in [0.2, 0.25) is 0 Å². The van der Waals surface area contributed by atoms with Gasteiger partial charge in [-0.15, -0.1) is 0 Å². The summed E-state index contributed by atoms with van der Waals surface area (Å²) >= 11 is 0. The minimum absolute atomic E-state index is 0.112. The molecule has 0 amide bonds. The molecule has 5 aliphatic carbocycles. The number of aliphatic hydroxyl groups is 1. The van der Waals surface area contributed by atoms with E-state index in [4.69, 9.17) is 18.9 Å². The maximum Gasteiger partial charge on any atom is 0.314 e. The van der Waals surface area contributed by atoms with Crippen LogP contribution in [0.25, 0.3) is 0 Å². The van der Waals surface area contributed by atoms with Gasteiger partial charge in [-0.3, -0.25) is 9.59 Å². The molecule has 9 nitrogen and oxygen atoms in total. The lowest BCUT2D eigenvalue weighted by molar-refractivity contribution is -0.312. The number of rotatable bonds is 4. The number of carboxylic acid groups (broad SMARTS) is 2. The summed E-state index contributed by atoms with van der Waals surface area (Å²) < 4.78 is 25.1. The maximum atomic E-state index is 13.9. The summed E-state index contributed by atoms with van der Waals surface area (Å²) in [5.41, 5.74) is -1.92. The van der Waals surface area contributed by atoms with Gasteiger partial charge in [0, 0.05) is 0 Å². The zero-order valence-electron chi connectivity index (χ0n) is 30.6. The van der Waals surface area contributed by atoms with E-state index in [-0.39, 0.29) is 52.8 Å². The monoisotopic (exact) mass is 672 g/mol. The van der Waals surface area contributed by atoms with Gasteiger partial charge in [0.25, 0.3) is 0 Å². The van der Waals surface area contributed by atoms with Gasteiger partial charge in [0.1, 0.15) is 18.3 Å². The molecule has 0 aromatic carbocycles. The molecule has 0 radical (unpaired) electrons. The van der Waals surface area contributed by atoms with E-state index in [1.807, 2.05) is 20.8 Å². The van der Waals surface area contributed by atoms with Crippen molar-refractivity contribution >= 4 is 11.9 Å². The zero-order valence-corrected chi connectivity index (χ0v) is 30.6. The van der Waals surface area contributed by atoms with E-state index in [1.165, 1.54) is 0 Å². The molecular weight excluding hydrogens is 612 g/mol. The van der Waals surface area contributed by atoms with Crippen molar-refractivity contribution in [1.29, 1.82) is 0 Å². The van der Waals surface area contributed by atoms with E-state index in [0.29, 0.717) is 25.2 Å². The van der Waals surface area contributed by atoms with Crippen molar-refractivity contribution in [3.63, 3.8) is 0 Å². The first-order valence-corrected chi connectivity index (χ1v) is 18.8. The normalized spacial score (nSPS) is 53.6. The van der Waals surface area contributed by atoms with E-state index in [9.17, 15) is 24.9 Å². The molecule has 15 atom stereocenters. The lowest BCUT2D eigenvalue weighted by Gasteiger charge is -2.70. The number of hydrogen-bond acceptors (Lipinski definition) is 7. The van der Waals surface area contributed by atoms with Gasteiger partial charge in [-0.25, -0.2) is 0 Å². The van der Waals surface area contributed by atoms with E-state index in [2.05, 4.69) is 47.6 Å². The topological polar surface area (TPSA) is 132 Å². The minimum atomic E-state index is -1.07. The van der Waals surface area contributed by atoms with Crippen LogP contribution in [0, 0.1) is 56.7 Å². The van der Waals surface area contributed by atoms with Crippen molar-refractivity contribution in [2.75, 3.05) is 0 Å². The van der Waals surface area contributed by atoms with E-state index in [0.717, 1.165) is 44.1 Å². The van der Waals surface area contributed by atoms with Crippen LogP contribution < -0.4 is 0 Å². The number of ether oxygens (including phenoxy) is 4. The van der Waals surface area contributed by atoms with Gasteiger partial charge in [-0.05, 0) is 124 Å². The second-order valence-corrected chi connectivity index (χ2v) is 18.7. The third-order valence-electron chi connectivity index (χ3n) is 16.1. The molecule has 0 aromatic heterocycles. The number of fused-ring (bicyclic) bond motifs is 8. The number of aliphatic hydroxyl groups excluding tert-OH is 1. The zero-order chi connectivity index (χ0) is 35.0. The fourth-order valence-corrected chi connectivity index (χ4v) is 13.5. The predicted octanol–water partition coefficient (Wildman–Crippen LogP) is 6.80. The second kappa shape index (κ2) is 11.0. The van der Waals surface area contributed by atoms with Crippen LogP contribution >= 0.6 is 0 Å². The Kier molecular flexibility index (Phi) is 7.99. The number of hydrogen-bond donors (Lipinski definition) is 3. The summed E-state index contributed by atoms with van der Waals surface area (Å²) in [6.45, 7) is 19.2. The van der Waals surface area contributed by atoms with Gasteiger partial charge in [0.05, 0.1) is 23.0 Å². The molecule has 7 rings (SSSR count). The third kappa shape index (κ3) is 4.45. The molecule has 2 saturated heterocycles. The van der Waals surface area contributed by atoms with Gasteiger partial charge in [-0.1, -0.05) is 53.2 Å². The summed E-state index contributed by atoms with van der Waals surface area (Å²) in [6, 6.07) is 0. The summed E-state index contributed by atoms with van der Waals surface area (Å²) in [5.74, 6) is -1.69. The summed E-state index contributed by atoms with van der Waals surface area (Å²) in [6.07, 6.45) is 5.50. The Labute approximate surface area is 286 Å². The Morgan fingerprint density at radius 2 is 1.52 bits per heavy atom. The lowest BCUT2D eigenvalue weighted by atomic mass is 9.33. The molecule has 2 heterocycles. The molecule has 3 unspecified atom stereocenters. The Morgan fingerprint density at radius 3 is 2.19 bits per heavy atom. The van der Waals surface area contributed by atoms with E-state index in [1.54, 1.807) is 0 Å². The molecule has 270 valence electrons. The molecule has 3 N–H and O–H groups in total. The first-order chi connectivity index (χ1) is 22.3. The number of allylic oxidation sites excluding steroid dienone is 1. The SMILES string of the molecule is C[C@@H]1C2C3=CCC4[C@@]5(C)CC[C@H](O[C@@H]6O[C@H](C)[C@@H]7OC(C)(C)O[C@H]7[C@H]6O)C(C)(C)C5CC[C@@]4(C)[C@@]3(C(=O)O)CC[C@@]2(C(=O)O)CC[C@@H]1C. The second-order valence-electron chi connectivity index (χ2n) is 18.7. The molecule has 4 saturated carbocycles. The largest absolute Gasteiger partial charge is 0.481 e. The van der Waals surface area contributed by atoms with Crippen molar-refractivity contribution in [2.24, 2.45) is 56.7 Å². The van der Waals surface area contributed by atoms with Crippen LogP contribution in [0.3, 0.4) is 0 Å². The predicted molar refractivity (Wildman–Crippen MR) is 178 cm³/mol. The molecule has 7 aliphatic rings. The van der Waals surface area contributed by atoms with Gasteiger partial charge >= 0.3 is 11.9 Å². The van der Waals surface area contributed by atoms with Crippen LogP contribution in [0.1, 0.15) is 120 Å². The van der Waals surface area contributed by atoms with Crippen LogP contribution in [0.4, 0.5) is 0 Å². The maximum absolute atomic E-state index is 13.9. The van der Waals surface area contributed by atoms with Gasteiger partial charge in [-0.2, -0.15) is 0 Å². The van der Waals surface area contributed by atoms with Gasteiger partial charge in [0.2, 0.25) is 0 Å². The van der Waals surface area contributed by atoms with Crippen molar-refractivity contribution in [3.05, 3.63) is 11.6 Å². The molecule has 0 aromatic rings. The highest BCUT2D eigenvalue weighted by Crippen LogP contribution is 2.76. The highest BCUT2D eigenvalue weighted by molar-refractivity contribution is 5.84. The van der Waals surface area contributed by atoms with Gasteiger partial charge < -0.3 is 34.3 Å². The number of carbonyl (C=O) groups is 2. The average Bonchev–Trinajstić information content (AvgIpc) is 3.34. The molecule has 6 fully saturated rings. The Hall–Kier alpha value is -1.52. The first kappa shape index (κ1) is 34.9. The highest BCUT2D eigenvalue weighted by atomic mass is 16.8. The molecular formula is C39H60O9. The molecule has 48 heavy (non-hydrogen) atoms. The Balaban J connectivity index is 1.20. The van der Waals surface area contributed by atoms with E-state index < -0.39 is 52.5 Å². The summed E-state index contributed by atoms with van der Waals surface area (Å²) in [5, 5.41) is 33.5. The first-order valence-electron chi connectivity index (χ1n) is 18.8. The van der Waals surface area contributed by atoms with Crippen LogP contribution in [-0.4, -0.2) is 69.9 Å². The minimum Gasteiger partial charge on any atom is -0.481 e. The van der Waals surface area contributed by atoms with Crippen LogP contribution in [-0.2, 0) is 28.5 Å². The van der Waals surface area contributed by atoms with Crippen LogP contribution in [0.15, 0.2) is 11.6 Å². The smallest absolute Gasteiger partial charge is 0.314 e. The van der Waals surface area contributed by atoms with E-state index >= 15 is 0 Å². The summed E-state index contributed by atoms with van der Waals surface area (Å²) in [4.78, 5) is 26.9. The fourth-order valence-electron chi connectivity index (χ4n) is 13.5. The van der Waals surface area contributed by atoms with Crippen molar-refractivity contribution in [2.45, 2.75) is 163 Å². The van der Waals surface area contributed by atoms with Crippen LogP contribution in [0.5, 0.6) is 0 Å². The molecule has 2 aliphatic heterocycles. The highest BCUT2D eigenvalue weighted by Gasteiger charge is 2.73. The Morgan fingerprint density at radius 1 is 0.833 bits per heavy atom. The van der Waals surface area contributed by atoms with Gasteiger partial charge in [0.15, 0.2) is 12.1 Å².